The fourth-order valence-corrected chi connectivity index (χ4v) is 2.17. The number of rotatable bonds is 6. The van der Waals surface area contributed by atoms with E-state index in [0.717, 1.165) is 29.9 Å². The zero-order chi connectivity index (χ0) is 18.8. The largest absolute Gasteiger partial charge is 0.483 e. The number of aromatic nitrogens is 4. The van der Waals surface area contributed by atoms with Crippen LogP contribution in [0.1, 0.15) is 37.5 Å². The second kappa shape index (κ2) is 9.96. The molecule has 1 amide bonds. The highest BCUT2D eigenvalue weighted by Gasteiger charge is 2.14. The zero-order valence-corrected chi connectivity index (χ0v) is 14.6. The number of aryl methyl sites for hydroxylation is 2. The minimum absolute atomic E-state index is 0.0484. The third-order valence-corrected chi connectivity index (χ3v) is 3.19. The highest BCUT2D eigenvalue weighted by atomic mass is 16.3. The Labute approximate surface area is 146 Å². The lowest BCUT2D eigenvalue weighted by molar-refractivity contribution is -0.123. The van der Waals surface area contributed by atoms with Crippen LogP contribution in [0, 0.1) is 6.92 Å². The van der Waals surface area contributed by atoms with Crippen LogP contribution in [0.25, 0.3) is 5.69 Å². The molecule has 2 rings (SSSR count). The molecule has 25 heavy (non-hydrogen) atoms. The number of hydrogen-bond acceptors (Lipinski definition) is 5. The van der Waals surface area contributed by atoms with E-state index in [1.54, 1.807) is 17.1 Å². The van der Waals surface area contributed by atoms with Crippen LogP contribution < -0.4 is 5.73 Å². The average Bonchev–Trinajstić information content (AvgIpc) is 2.90. The molecule has 0 spiro atoms. The Bertz CT molecular complexity index is 748. The van der Waals surface area contributed by atoms with Crippen LogP contribution >= 0.6 is 0 Å². The second-order valence-electron chi connectivity index (χ2n) is 5.59. The van der Waals surface area contributed by atoms with Gasteiger partial charge in [-0.1, -0.05) is 11.6 Å². The van der Waals surface area contributed by atoms with Crippen molar-refractivity contribution in [2.45, 2.75) is 40.0 Å². The van der Waals surface area contributed by atoms with E-state index in [-0.39, 0.29) is 12.9 Å². The van der Waals surface area contributed by atoms with E-state index in [0.29, 0.717) is 5.82 Å². The van der Waals surface area contributed by atoms with E-state index in [1.807, 2.05) is 13.0 Å². The SMILES string of the molecule is CC(C)=CCCc1nc(CC(N)=O)nn1-c1ccncc1C.O=CO. The number of nitrogens with zero attached hydrogens (tertiary/aromatic N) is 4. The van der Waals surface area contributed by atoms with E-state index in [4.69, 9.17) is 15.6 Å². The molecule has 0 aliphatic carbocycles. The third kappa shape index (κ3) is 6.54. The van der Waals surface area contributed by atoms with Crippen LogP contribution in [0.15, 0.2) is 30.1 Å². The topological polar surface area (TPSA) is 124 Å². The fraction of sp³-hybridized carbons (Fsp3) is 0.353. The lowest BCUT2D eigenvalue weighted by Crippen LogP contribution is -2.14. The number of pyridine rings is 1. The van der Waals surface area contributed by atoms with Gasteiger partial charge < -0.3 is 10.8 Å². The van der Waals surface area contributed by atoms with E-state index in [9.17, 15) is 4.79 Å². The molecule has 0 aliphatic rings. The predicted molar refractivity (Wildman–Crippen MR) is 93.2 cm³/mol. The molecule has 0 fully saturated rings. The van der Waals surface area contributed by atoms with Crippen molar-refractivity contribution in [3.05, 3.63) is 47.3 Å². The van der Waals surface area contributed by atoms with Gasteiger partial charge in [-0.05, 0) is 38.8 Å². The lowest BCUT2D eigenvalue weighted by Gasteiger charge is -2.07. The van der Waals surface area contributed by atoms with Crippen molar-refractivity contribution >= 4 is 12.4 Å². The summed E-state index contributed by atoms with van der Waals surface area (Å²) in [6.45, 7) is 5.85. The molecular formula is C17H23N5O3. The molecule has 8 heteroatoms. The number of carbonyl (C=O) groups is 2. The smallest absolute Gasteiger partial charge is 0.290 e. The normalized spacial score (nSPS) is 9.72. The van der Waals surface area contributed by atoms with Crippen molar-refractivity contribution in [3.8, 4) is 5.69 Å². The second-order valence-corrected chi connectivity index (χ2v) is 5.59. The molecular weight excluding hydrogens is 322 g/mol. The van der Waals surface area contributed by atoms with Gasteiger partial charge in [0.1, 0.15) is 5.82 Å². The molecule has 0 saturated carbocycles. The van der Waals surface area contributed by atoms with E-state index in [2.05, 4.69) is 35.0 Å². The van der Waals surface area contributed by atoms with Gasteiger partial charge in [-0.15, -0.1) is 0 Å². The van der Waals surface area contributed by atoms with Gasteiger partial charge in [0.15, 0.2) is 5.82 Å². The average molecular weight is 345 g/mol. The van der Waals surface area contributed by atoms with Gasteiger partial charge in [0.25, 0.3) is 6.47 Å². The van der Waals surface area contributed by atoms with Gasteiger partial charge in [0.05, 0.1) is 12.1 Å². The quantitative estimate of drug-likeness (QED) is 0.605. The zero-order valence-electron chi connectivity index (χ0n) is 14.6. The van der Waals surface area contributed by atoms with E-state index in [1.165, 1.54) is 5.57 Å². The lowest BCUT2D eigenvalue weighted by atomic mass is 10.2. The highest BCUT2D eigenvalue weighted by Crippen LogP contribution is 2.15. The maximum atomic E-state index is 11.1. The van der Waals surface area contributed by atoms with E-state index < -0.39 is 5.91 Å². The van der Waals surface area contributed by atoms with Gasteiger partial charge in [-0.25, -0.2) is 9.67 Å². The van der Waals surface area contributed by atoms with Crippen molar-refractivity contribution in [2.24, 2.45) is 5.73 Å². The standard InChI is InChI=1S/C16H21N5O.CH2O2/c1-11(2)5-4-6-16-19-15(9-14(17)22)20-21(16)13-7-8-18-10-12(13)3;2-1-3/h5,7-8,10H,4,6,9H2,1-3H3,(H2,17,22);1H,(H,2,3). The first-order valence-corrected chi connectivity index (χ1v) is 7.74. The molecule has 0 aliphatic heterocycles. The minimum atomic E-state index is -0.431. The van der Waals surface area contributed by atoms with Gasteiger partial charge >= 0.3 is 0 Å². The Morgan fingerprint density at radius 1 is 1.40 bits per heavy atom. The molecule has 0 unspecified atom stereocenters. The highest BCUT2D eigenvalue weighted by molar-refractivity contribution is 5.75. The monoisotopic (exact) mass is 345 g/mol. The van der Waals surface area contributed by atoms with Crippen LogP contribution in [0.3, 0.4) is 0 Å². The number of amides is 1. The molecule has 2 aromatic rings. The molecule has 0 saturated heterocycles. The molecule has 134 valence electrons. The van der Waals surface area contributed by atoms with Crippen LogP contribution in [-0.4, -0.2) is 37.2 Å². The van der Waals surface area contributed by atoms with Gasteiger partial charge in [0, 0.05) is 18.8 Å². The van der Waals surface area contributed by atoms with Crippen molar-refractivity contribution in [3.63, 3.8) is 0 Å². The van der Waals surface area contributed by atoms with Crippen molar-refractivity contribution < 1.29 is 14.7 Å². The number of carbonyl (C=O) groups excluding carboxylic acids is 1. The Morgan fingerprint density at radius 2 is 2.08 bits per heavy atom. The Hall–Kier alpha value is -3.03. The van der Waals surface area contributed by atoms with Gasteiger partial charge in [-0.2, -0.15) is 5.10 Å². The number of primary amides is 1. The number of carboxylic acid groups (broad SMARTS) is 1. The molecule has 0 radical (unpaired) electrons. The van der Waals surface area contributed by atoms with Crippen molar-refractivity contribution in [1.29, 1.82) is 0 Å². The summed E-state index contributed by atoms with van der Waals surface area (Å²) in [5.41, 5.74) is 8.43. The summed E-state index contributed by atoms with van der Waals surface area (Å²) in [6, 6.07) is 1.89. The Kier molecular flexibility index (Phi) is 7.98. The van der Waals surface area contributed by atoms with Crippen LogP contribution in [0.2, 0.25) is 0 Å². The Morgan fingerprint density at radius 3 is 2.64 bits per heavy atom. The fourth-order valence-electron chi connectivity index (χ4n) is 2.17. The van der Waals surface area contributed by atoms with Crippen LogP contribution in [-0.2, 0) is 22.4 Å². The Balaban J connectivity index is 0.000000970. The van der Waals surface area contributed by atoms with Crippen LogP contribution in [0.5, 0.6) is 0 Å². The molecule has 8 nitrogen and oxygen atoms in total. The first kappa shape index (κ1) is 20.0. The first-order chi connectivity index (χ1) is 11.9. The summed E-state index contributed by atoms with van der Waals surface area (Å²) in [5.74, 6) is 0.846. The molecule has 2 aromatic heterocycles. The maximum absolute atomic E-state index is 11.1. The van der Waals surface area contributed by atoms with Crippen molar-refractivity contribution in [1.82, 2.24) is 19.7 Å². The summed E-state index contributed by atoms with van der Waals surface area (Å²) in [5, 5.41) is 11.3. The summed E-state index contributed by atoms with van der Waals surface area (Å²) in [6.07, 6.45) is 7.33. The molecule has 0 aromatic carbocycles. The van der Waals surface area contributed by atoms with Gasteiger partial charge in [0.2, 0.25) is 5.91 Å². The minimum Gasteiger partial charge on any atom is -0.483 e. The summed E-state index contributed by atoms with van der Waals surface area (Å²) in [4.78, 5) is 28.0. The maximum Gasteiger partial charge on any atom is 0.290 e. The first-order valence-electron chi connectivity index (χ1n) is 7.74. The molecule has 0 bridgehead atoms. The summed E-state index contributed by atoms with van der Waals surface area (Å²) in [7, 11) is 0. The predicted octanol–water partition coefficient (Wildman–Crippen LogP) is 1.60. The van der Waals surface area contributed by atoms with Crippen LogP contribution in [0.4, 0.5) is 0 Å². The number of hydrogen-bond donors (Lipinski definition) is 2. The van der Waals surface area contributed by atoms with E-state index >= 15 is 0 Å². The van der Waals surface area contributed by atoms with Gasteiger partial charge in [-0.3, -0.25) is 14.6 Å². The summed E-state index contributed by atoms with van der Waals surface area (Å²) >= 11 is 0. The molecule has 0 atom stereocenters. The third-order valence-electron chi connectivity index (χ3n) is 3.19. The molecule has 2 heterocycles. The number of allylic oxidation sites excluding steroid dienone is 2. The number of nitrogens with two attached hydrogens (primary N) is 1. The van der Waals surface area contributed by atoms with Crippen molar-refractivity contribution in [2.75, 3.05) is 0 Å². The summed E-state index contributed by atoms with van der Waals surface area (Å²) < 4.78 is 1.79. The molecule has 3 N–H and O–H groups in total.